The van der Waals surface area contributed by atoms with Crippen LogP contribution in [0.5, 0.6) is 5.75 Å². The normalized spacial score (nSPS) is 16.1. The Labute approximate surface area is 245 Å². The molecule has 3 aromatic rings. The van der Waals surface area contributed by atoms with Gasteiger partial charge in [0, 0.05) is 37.4 Å². The Kier molecular flexibility index (Phi) is 9.94. The zero-order valence-corrected chi connectivity index (χ0v) is 25.0. The number of nitrogens with zero attached hydrogens (tertiary/aromatic N) is 2. The molecule has 0 amide bonds. The number of aromatic nitrogens is 1. The molecule has 1 aliphatic carbocycles. The third-order valence-electron chi connectivity index (χ3n) is 8.99. The molecule has 220 valence electrons. The molecule has 1 saturated heterocycles. The van der Waals surface area contributed by atoms with E-state index in [0.717, 1.165) is 54.2 Å². The summed E-state index contributed by atoms with van der Waals surface area (Å²) in [5, 5.41) is 0. The number of rotatable bonds is 13. The number of hydrogen-bond acceptors (Lipinski definition) is 5. The van der Waals surface area contributed by atoms with Crippen LogP contribution in [0.2, 0.25) is 0 Å². The lowest BCUT2D eigenvalue weighted by atomic mass is 9.63. The molecule has 6 heteroatoms. The van der Waals surface area contributed by atoms with E-state index >= 15 is 0 Å². The molecule has 1 spiro atoms. The summed E-state index contributed by atoms with van der Waals surface area (Å²) >= 11 is 0. The number of anilines is 1. The van der Waals surface area contributed by atoms with Crippen molar-refractivity contribution in [3.8, 4) is 16.9 Å². The van der Waals surface area contributed by atoms with E-state index < -0.39 is 0 Å². The quantitative estimate of drug-likeness (QED) is 0.200. The van der Waals surface area contributed by atoms with Crippen molar-refractivity contribution in [1.82, 2.24) is 4.98 Å². The summed E-state index contributed by atoms with van der Waals surface area (Å²) in [5.74, 6) is 0.611. The Bertz CT molecular complexity index is 1260. The average Bonchev–Trinajstić information content (AvgIpc) is 2.97. The fraction of sp³-hybridized carbons (Fsp3) is 0.514. The smallest absolute Gasteiger partial charge is 0.123 e. The minimum atomic E-state index is -0.215. The van der Waals surface area contributed by atoms with Gasteiger partial charge in [0.25, 0.3) is 0 Å². The van der Waals surface area contributed by atoms with Crippen LogP contribution >= 0.6 is 0 Å². The van der Waals surface area contributed by atoms with Crippen LogP contribution in [0, 0.1) is 18.2 Å². The van der Waals surface area contributed by atoms with Crippen LogP contribution < -0.4 is 9.64 Å². The molecule has 5 nitrogen and oxygen atoms in total. The molecule has 0 unspecified atom stereocenters. The third-order valence-corrected chi connectivity index (χ3v) is 8.99. The van der Waals surface area contributed by atoms with Gasteiger partial charge in [-0.3, -0.25) is 4.98 Å². The van der Waals surface area contributed by atoms with Gasteiger partial charge in [-0.2, -0.15) is 0 Å². The van der Waals surface area contributed by atoms with Crippen LogP contribution in [-0.2, 0) is 28.9 Å². The Balaban J connectivity index is 1.40. The third kappa shape index (κ3) is 7.10. The first kappa shape index (κ1) is 29.5. The predicted molar refractivity (Wildman–Crippen MR) is 163 cm³/mol. The second-order valence-electron chi connectivity index (χ2n) is 11.5. The minimum Gasteiger partial charge on any atom is -0.493 e. The summed E-state index contributed by atoms with van der Waals surface area (Å²) in [7, 11) is 0. The average molecular weight is 561 g/mol. The Morgan fingerprint density at radius 2 is 1.59 bits per heavy atom. The molecule has 1 saturated carbocycles. The molecule has 41 heavy (non-hydrogen) atoms. The zero-order valence-electron chi connectivity index (χ0n) is 25.0. The number of piperidine rings is 1. The number of hydrogen-bond donors (Lipinski definition) is 0. The zero-order chi connectivity index (χ0) is 28.7. The van der Waals surface area contributed by atoms with Gasteiger partial charge in [0.1, 0.15) is 11.6 Å². The molecule has 0 N–H and O–H groups in total. The number of aryl methyl sites for hydroxylation is 1. The standard InChI is InChI=1S/C35H45FN2O3/c1-4-31-26(3)37-32(25-40-24-23-39-5-2)33(34(31)38-20-18-35(19-21-38)16-6-17-35)28-9-13-30(14-10-28)41-22-15-27-7-11-29(36)12-8-27/h7-14H,4-6,15-25H2,1-3H3. The van der Waals surface area contributed by atoms with E-state index in [-0.39, 0.29) is 5.82 Å². The Morgan fingerprint density at radius 3 is 2.22 bits per heavy atom. The highest BCUT2D eigenvalue weighted by atomic mass is 19.1. The second-order valence-corrected chi connectivity index (χ2v) is 11.5. The van der Waals surface area contributed by atoms with Gasteiger partial charge < -0.3 is 19.1 Å². The molecule has 0 radical (unpaired) electrons. The van der Waals surface area contributed by atoms with Crippen LogP contribution in [0.1, 0.15) is 68.5 Å². The molecular formula is C35H45FN2O3. The van der Waals surface area contributed by atoms with Crippen molar-refractivity contribution in [2.75, 3.05) is 44.4 Å². The first-order valence-electron chi connectivity index (χ1n) is 15.4. The molecule has 1 aliphatic heterocycles. The van der Waals surface area contributed by atoms with E-state index in [1.54, 1.807) is 0 Å². The van der Waals surface area contributed by atoms with Gasteiger partial charge in [-0.05, 0) is 92.3 Å². The van der Waals surface area contributed by atoms with Crippen molar-refractivity contribution >= 4 is 5.69 Å². The van der Waals surface area contributed by atoms with Crippen LogP contribution in [-0.4, -0.2) is 44.5 Å². The highest BCUT2D eigenvalue weighted by Crippen LogP contribution is 2.50. The molecule has 2 aromatic carbocycles. The molecule has 0 bridgehead atoms. The van der Waals surface area contributed by atoms with E-state index in [0.29, 0.717) is 38.4 Å². The monoisotopic (exact) mass is 560 g/mol. The van der Waals surface area contributed by atoms with Gasteiger partial charge >= 0.3 is 0 Å². The first-order chi connectivity index (χ1) is 20.0. The minimum absolute atomic E-state index is 0.215. The lowest BCUT2D eigenvalue weighted by Crippen LogP contribution is -2.44. The molecular weight excluding hydrogens is 515 g/mol. The van der Waals surface area contributed by atoms with Gasteiger partial charge in [0.2, 0.25) is 0 Å². The van der Waals surface area contributed by atoms with Crippen LogP contribution in [0.15, 0.2) is 48.5 Å². The van der Waals surface area contributed by atoms with Crippen molar-refractivity contribution in [3.05, 3.63) is 76.9 Å². The molecule has 0 atom stereocenters. The van der Waals surface area contributed by atoms with E-state index in [1.165, 1.54) is 61.1 Å². The lowest BCUT2D eigenvalue weighted by Gasteiger charge is -2.49. The lowest BCUT2D eigenvalue weighted by molar-refractivity contribution is 0.0442. The van der Waals surface area contributed by atoms with Crippen molar-refractivity contribution in [2.45, 2.75) is 72.3 Å². The number of halogens is 1. The highest BCUT2D eigenvalue weighted by Gasteiger charge is 2.40. The van der Waals surface area contributed by atoms with Gasteiger partial charge in [0.05, 0.1) is 37.8 Å². The van der Waals surface area contributed by atoms with Crippen molar-refractivity contribution < 1.29 is 18.6 Å². The summed E-state index contributed by atoms with van der Waals surface area (Å²) in [4.78, 5) is 7.74. The van der Waals surface area contributed by atoms with Crippen LogP contribution in [0.3, 0.4) is 0 Å². The van der Waals surface area contributed by atoms with Crippen molar-refractivity contribution in [1.29, 1.82) is 0 Å². The largest absolute Gasteiger partial charge is 0.493 e. The van der Waals surface area contributed by atoms with Crippen molar-refractivity contribution in [3.63, 3.8) is 0 Å². The summed E-state index contributed by atoms with van der Waals surface area (Å²) in [5.41, 5.74) is 8.73. The van der Waals surface area contributed by atoms with E-state index in [9.17, 15) is 4.39 Å². The fourth-order valence-electron chi connectivity index (χ4n) is 6.43. The number of benzene rings is 2. The summed E-state index contributed by atoms with van der Waals surface area (Å²) in [6.45, 7) is 11.4. The van der Waals surface area contributed by atoms with Crippen LogP contribution in [0.25, 0.3) is 11.1 Å². The maximum atomic E-state index is 13.2. The highest BCUT2D eigenvalue weighted by molar-refractivity contribution is 5.84. The molecule has 1 aromatic heterocycles. The Morgan fingerprint density at radius 1 is 0.878 bits per heavy atom. The molecule has 2 fully saturated rings. The topological polar surface area (TPSA) is 43.8 Å². The maximum absolute atomic E-state index is 13.2. The van der Waals surface area contributed by atoms with E-state index in [2.05, 4.69) is 43.0 Å². The van der Waals surface area contributed by atoms with Gasteiger partial charge in [-0.25, -0.2) is 4.39 Å². The number of ether oxygens (including phenoxy) is 3. The summed E-state index contributed by atoms with van der Waals surface area (Å²) < 4.78 is 30.9. The van der Waals surface area contributed by atoms with Crippen LogP contribution in [0.4, 0.5) is 10.1 Å². The number of pyridine rings is 1. The predicted octanol–water partition coefficient (Wildman–Crippen LogP) is 7.70. The summed E-state index contributed by atoms with van der Waals surface area (Å²) in [6.07, 6.45) is 8.40. The maximum Gasteiger partial charge on any atom is 0.123 e. The molecule has 5 rings (SSSR count). The van der Waals surface area contributed by atoms with E-state index in [4.69, 9.17) is 19.2 Å². The molecule has 2 aliphatic rings. The summed E-state index contributed by atoms with van der Waals surface area (Å²) in [6, 6.07) is 15.0. The van der Waals surface area contributed by atoms with Crippen molar-refractivity contribution in [2.24, 2.45) is 5.41 Å². The fourth-order valence-corrected chi connectivity index (χ4v) is 6.43. The molecule has 2 heterocycles. The van der Waals surface area contributed by atoms with E-state index in [1.807, 2.05) is 19.1 Å². The Hall–Kier alpha value is -2.96. The SMILES string of the molecule is CCOCCOCc1nc(C)c(CC)c(N2CCC3(CCC3)CC2)c1-c1ccc(OCCc2ccc(F)cc2)cc1. The first-order valence-corrected chi connectivity index (χ1v) is 15.4. The second kappa shape index (κ2) is 13.8. The van der Waals surface area contributed by atoms with Gasteiger partial charge in [-0.15, -0.1) is 0 Å². The van der Waals surface area contributed by atoms with Gasteiger partial charge in [0.15, 0.2) is 0 Å². The van der Waals surface area contributed by atoms with Gasteiger partial charge in [-0.1, -0.05) is 37.6 Å².